The van der Waals surface area contributed by atoms with Gasteiger partial charge >= 0.3 is 18.2 Å². The summed E-state index contributed by atoms with van der Waals surface area (Å²) in [5.41, 5.74) is 8.33. The second-order valence-corrected chi connectivity index (χ2v) is 7.82. The number of hydrogen-bond donors (Lipinski definition) is 3. The van der Waals surface area contributed by atoms with Gasteiger partial charge in [-0.15, -0.1) is 0 Å². The van der Waals surface area contributed by atoms with Crippen LogP contribution in [0, 0.1) is 25.7 Å². The van der Waals surface area contributed by atoms with Gasteiger partial charge in [0.05, 0.1) is 12.2 Å². The van der Waals surface area contributed by atoms with Gasteiger partial charge < -0.3 is 14.6 Å². The summed E-state index contributed by atoms with van der Waals surface area (Å²) >= 11 is 0. The van der Waals surface area contributed by atoms with E-state index in [9.17, 15) is 14.4 Å². The molecule has 37 heavy (non-hydrogen) atoms. The highest BCUT2D eigenvalue weighted by atomic mass is 16.6. The topological polar surface area (TPSA) is 114 Å². The predicted octanol–water partition coefficient (Wildman–Crippen LogP) is 4.96. The lowest BCUT2D eigenvalue weighted by atomic mass is 10.0. The molecule has 0 heterocycles. The summed E-state index contributed by atoms with van der Waals surface area (Å²) in [5.74, 6) is 4.24. The van der Waals surface area contributed by atoms with Crippen molar-refractivity contribution in [3.63, 3.8) is 0 Å². The third-order valence-corrected chi connectivity index (χ3v) is 5.03. The zero-order valence-electron chi connectivity index (χ0n) is 21.0. The first-order valence-corrected chi connectivity index (χ1v) is 11.6. The monoisotopic (exact) mass is 502 g/mol. The molecule has 8 nitrogen and oxygen atoms in total. The van der Waals surface area contributed by atoms with Gasteiger partial charge in [-0.3, -0.25) is 0 Å². The Morgan fingerprint density at radius 1 is 0.838 bits per heavy atom. The fraction of sp³-hybridized carbons (Fsp3) is 0.207. The van der Waals surface area contributed by atoms with Crippen molar-refractivity contribution in [3.8, 4) is 17.6 Å². The molecule has 3 aromatic rings. The third kappa shape index (κ3) is 11.0. The Morgan fingerprint density at radius 3 is 1.89 bits per heavy atom. The van der Waals surface area contributed by atoms with Crippen molar-refractivity contribution < 1.29 is 29.0 Å². The molecule has 0 aliphatic carbocycles. The van der Waals surface area contributed by atoms with Crippen molar-refractivity contribution >= 4 is 18.2 Å². The maximum Gasteiger partial charge on any atom is 0.431 e. The Bertz CT molecular complexity index is 1210. The molecule has 0 saturated heterocycles. The number of rotatable bonds is 5. The third-order valence-electron chi connectivity index (χ3n) is 5.03. The molecule has 0 aliphatic rings. The normalized spacial score (nSPS) is 9.49. The van der Waals surface area contributed by atoms with Crippen LogP contribution in [0.3, 0.4) is 0 Å². The van der Waals surface area contributed by atoms with Crippen LogP contribution in [0.4, 0.5) is 9.59 Å². The second-order valence-electron chi connectivity index (χ2n) is 7.82. The molecule has 3 N–H and O–H groups in total. The van der Waals surface area contributed by atoms with E-state index in [2.05, 4.69) is 72.5 Å². The number of ether oxygens (including phenoxy) is 2. The molecular formula is C29H30N2O6. The van der Waals surface area contributed by atoms with Crippen LogP contribution >= 0.6 is 0 Å². The smallest absolute Gasteiger partial charge is 0.431 e. The minimum Gasteiger partial charge on any atom is -0.464 e. The number of esters is 1. The van der Waals surface area contributed by atoms with Gasteiger partial charge in [0.25, 0.3) is 0 Å². The van der Waals surface area contributed by atoms with E-state index in [1.807, 2.05) is 12.3 Å². The van der Waals surface area contributed by atoms with Crippen LogP contribution < -0.4 is 15.6 Å². The van der Waals surface area contributed by atoms with E-state index >= 15 is 0 Å². The highest BCUT2D eigenvalue weighted by Gasteiger charge is 2.11. The van der Waals surface area contributed by atoms with Crippen LogP contribution in [-0.2, 0) is 22.4 Å². The lowest BCUT2D eigenvalue weighted by Gasteiger charge is -2.10. The van der Waals surface area contributed by atoms with Crippen LogP contribution in [0.2, 0.25) is 0 Å². The van der Waals surface area contributed by atoms with Crippen molar-refractivity contribution in [1.82, 2.24) is 10.9 Å². The molecule has 2 amide bonds. The molecule has 0 aliphatic heterocycles. The zero-order valence-corrected chi connectivity index (χ0v) is 21.0. The Balaban J connectivity index is 0.000000291. The number of amides is 2. The summed E-state index contributed by atoms with van der Waals surface area (Å²) < 4.78 is 9.69. The molecule has 0 fully saturated rings. The standard InChI is InChI=1S/C15H16N2O6.C14H14/c1-4-22-13(18)6-5-11-7-9(2)10(3)8-12(11)23-15(21)17-16-14(19)20;1-3-7-13(8-4-1)11-12-14-9-5-2-6-10-14/h7-8,16H,4H2,1-3H3,(H,17,21)(H,19,20);1-10H,11-12H2. The van der Waals surface area contributed by atoms with Crippen LogP contribution in [0.25, 0.3) is 0 Å². The fourth-order valence-corrected chi connectivity index (χ4v) is 3.07. The number of hydrogen-bond acceptors (Lipinski definition) is 5. The summed E-state index contributed by atoms with van der Waals surface area (Å²) in [6.07, 6.45) is -0.213. The maximum atomic E-state index is 11.5. The molecule has 0 aromatic heterocycles. The van der Waals surface area contributed by atoms with Gasteiger partial charge in [-0.2, -0.15) is 0 Å². The van der Waals surface area contributed by atoms with Crippen molar-refractivity contribution in [3.05, 3.63) is 101 Å². The predicted molar refractivity (Wildman–Crippen MR) is 140 cm³/mol. The molecule has 0 atom stereocenters. The summed E-state index contributed by atoms with van der Waals surface area (Å²) in [7, 11) is 0. The molecule has 0 saturated carbocycles. The number of aryl methyl sites for hydroxylation is 4. The maximum absolute atomic E-state index is 11.5. The van der Waals surface area contributed by atoms with E-state index in [0.717, 1.165) is 24.0 Å². The van der Waals surface area contributed by atoms with E-state index in [4.69, 9.17) is 14.6 Å². The fourth-order valence-electron chi connectivity index (χ4n) is 3.07. The second kappa shape index (κ2) is 15.3. The lowest BCUT2D eigenvalue weighted by molar-refractivity contribution is -0.136. The van der Waals surface area contributed by atoms with Crippen molar-refractivity contribution in [2.24, 2.45) is 0 Å². The molecule has 0 spiro atoms. The lowest BCUT2D eigenvalue weighted by Crippen LogP contribution is -2.42. The molecule has 0 radical (unpaired) electrons. The van der Waals surface area contributed by atoms with E-state index in [0.29, 0.717) is 5.56 Å². The summed E-state index contributed by atoms with van der Waals surface area (Å²) in [6.45, 7) is 5.50. The van der Waals surface area contributed by atoms with Crippen LogP contribution in [0.15, 0.2) is 72.8 Å². The van der Waals surface area contributed by atoms with Gasteiger partial charge in [0.15, 0.2) is 0 Å². The Kier molecular flexibility index (Phi) is 11.7. The largest absolute Gasteiger partial charge is 0.464 e. The van der Waals surface area contributed by atoms with Crippen LogP contribution in [-0.4, -0.2) is 29.9 Å². The van der Waals surface area contributed by atoms with Crippen molar-refractivity contribution in [1.29, 1.82) is 0 Å². The molecule has 192 valence electrons. The van der Waals surface area contributed by atoms with Gasteiger partial charge in [0.1, 0.15) is 5.75 Å². The van der Waals surface area contributed by atoms with Gasteiger partial charge in [-0.1, -0.05) is 66.6 Å². The first kappa shape index (κ1) is 28.5. The minimum atomic E-state index is -1.44. The number of nitrogens with one attached hydrogen (secondary N) is 2. The SMILES string of the molecule is CCOC(=O)C#Cc1cc(C)c(C)cc1OC(=O)NNC(=O)O.c1ccc(CCc2ccccc2)cc1. The summed E-state index contributed by atoms with van der Waals surface area (Å²) in [5, 5.41) is 8.40. The number of carboxylic acid groups (broad SMARTS) is 1. The quantitative estimate of drug-likeness (QED) is 0.258. The van der Waals surface area contributed by atoms with E-state index in [1.54, 1.807) is 31.4 Å². The molecule has 3 aromatic carbocycles. The van der Waals surface area contributed by atoms with Gasteiger partial charge in [0, 0.05) is 5.92 Å². The number of carbonyl (C=O) groups excluding carboxylic acids is 2. The highest BCUT2D eigenvalue weighted by Crippen LogP contribution is 2.22. The molecule has 0 bridgehead atoms. The van der Waals surface area contributed by atoms with E-state index < -0.39 is 18.2 Å². The molecule has 3 rings (SSSR count). The Hall–Kier alpha value is -4.77. The van der Waals surface area contributed by atoms with Crippen LogP contribution in [0.1, 0.15) is 34.7 Å². The Labute approximate surface area is 216 Å². The van der Waals surface area contributed by atoms with Gasteiger partial charge in [-0.25, -0.2) is 25.2 Å². The molecular weight excluding hydrogens is 472 g/mol. The molecule has 8 heteroatoms. The zero-order chi connectivity index (χ0) is 27.0. The summed E-state index contributed by atoms with van der Waals surface area (Å²) in [4.78, 5) is 33.1. The number of carbonyl (C=O) groups is 3. The summed E-state index contributed by atoms with van der Waals surface area (Å²) in [6, 6.07) is 24.5. The average Bonchev–Trinajstić information content (AvgIpc) is 2.89. The van der Waals surface area contributed by atoms with Crippen molar-refractivity contribution in [2.75, 3.05) is 6.61 Å². The highest BCUT2D eigenvalue weighted by molar-refractivity contribution is 5.89. The van der Waals surface area contributed by atoms with Crippen molar-refractivity contribution in [2.45, 2.75) is 33.6 Å². The first-order chi connectivity index (χ1) is 17.8. The van der Waals surface area contributed by atoms with Gasteiger partial charge in [0.2, 0.25) is 0 Å². The first-order valence-electron chi connectivity index (χ1n) is 11.6. The molecule has 0 unspecified atom stereocenters. The Morgan fingerprint density at radius 2 is 1.38 bits per heavy atom. The minimum absolute atomic E-state index is 0.0922. The average molecular weight is 503 g/mol. The number of hydrazine groups is 1. The van der Waals surface area contributed by atoms with Gasteiger partial charge in [-0.05, 0) is 68.0 Å². The number of benzene rings is 3. The van der Waals surface area contributed by atoms with Crippen LogP contribution in [0.5, 0.6) is 5.75 Å². The van der Waals surface area contributed by atoms with E-state index in [-0.39, 0.29) is 12.4 Å². The van der Waals surface area contributed by atoms with E-state index in [1.165, 1.54) is 11.1 Å².